The molecule has 0 atom stereocenters. The monoisotopic (exact) mass is 136 g/mol. The summed E-state index contributed by atoms with van der Waals surface area (Å²) in [4.78, 5) is 0. The van der Waals surface area contributed by atoms with Gasteiger partial charge in [-0.3, -0.25) is 0 Å². The minimum absolute atomic E-state index is 0.358. The molecule has 54 valence electrons. The van der Waals surface area contributed by atoms with Gasteiger partial charge in [-0.05, 0) is 12.8 Å². The van der Waals surface area contributed by atoms with Gasteiger partial charge in [-0.2, -0.15) is 10.5 Å². The maximum absolute atomic E-state index is 8.71. The van der Waals surface area contributed by atoms with Crippen molar-refractivity contribution in [2.24, 2.45) is 5.41 Å². The fourth-order valence-electron chi connectivity index (χ4n) is 0.849. The topological polar surface area (TPSA) is 47.6 Å². The van der Waals surface area contributed by atoms with Crippen LogP contribution in [0, 0.1) is 28.1 Å². The molecular formula is C8H12N2. The molecule has 0 aliphatic rings. The number of rotatable bonds is 3. The summed E-state index contributed by atoms with van der Waals surface area (Å²) in [6.45, 7) is 3.90. The van der Waals surface area contributed by atoms with Crippen molar-refractivity contribution in [3.8, 4) is 12.1 Å². The van der Waals surface area contributed by atoms with Crippen molar-refractivity contribution in [1.29, 1.82) is 10.5 Å². The van der Waals surface area contributed by atoms with Crippen molar-refractivity contribution < 1.29 is 0 Å². The third kappa shape index (κ3) is 1.74. The first-order valence-electron chi connectivity index (χ1n) is 3.53. The van der Waals surface area contributed by atoms with Crippen LogP contribution in [0.4, 0.5) is 0 Å². The normalized spacial score (nSPS) is 10.0. The van der Waals surface area contributed by atoms with E-state index < -0.39 is 0 Å². The fraction of sp³-hybridized carbons (Fsp3) is 0.750. The Balaban J connectivity index is 4.23. The predicted octanol–water partition coefficient (Wildman–Crippen LogP) is 2.23. The summed E-state index contributed by atoms with van der Waals surface area (Å²) in [5, 5.41) is 17.1. The van der Waals surface area contributed by atoms with Gasteiger partial charge in [-0.15, -0.1) is 0 Å². The van der Waals surface area contributed by atoms with Crippen LogP contribution in [0.25, 0.3) is 0 Å². The van der Waals surface area contributed by atoms with E-state index in [4.69, 9.17) is 10.5 Å². The van der Waals surface area contributed by atoms with E-state index in [-0.39, 0.29) is 5.41 Å². The lowest BCUT2D eigenvalue weighted by Gasteiger charge is -2.18. The van der Waals surface area contributed by atoms with Crippen molar-refractivity contribution in [3.05, 3.63) is 0 Å². The molecule has 0 aromatic rings. The smallest absolute Gasteiger partial charge is 0.0700 e. The molecule has 0 fully saturated rings. The maximum Gasteiger partial charge on any atom is 0.0700 e. The van der Waals surface area contributed by atoms with Crippen LogP contribution in [0.3, 0.4) is 0 Å². The average molecular weight is 136 g/mol. The second-order valence-corrected chi connectivity index (χ2v) is 2.43. The van der Waals surface area contributed by atoms with Crippen LogP contribution in [0.1, 0.15) is 33.1 Å². The standard InChI is InChI=1S/C8H12N2/c1-3-8(4-2,7-10)5-6-9/h3-5H2,1-2H3. The summed E-state index contributed by atoms with van der Waals surface area (Å²) in [6, 6.07) is 4.23. The van der Waals surface area contributed by atoms with Gasteiger partial charge in [0, 0.05) is 0 Å². The molecule has 0 spiro atoms. The van der Waals surface area contributed by atoms with Crippen LogP contribution in [-0.4, -0.2) is 0 Å². The summed E-state index contributed by atoms with van der Waals surface area (Å²) < 4.78 is 0. The Kier molecular flexibility index (Phi) is 3.51. The number of nitriles is 2. The Labute approximate surface area is 62.1 Å². The summed E-state index contributed by atoms with van der Waals surface area (Å²) in [5.74, 6) is 0. The van der Waals surface area contributed by atoms with Crippen molar-refractivity contribution in [1.82, 2.24) is 0 Å². The van der Waals surface area contributed by atoms with Gasteiger partial charge in [0.25, 0.3) is 0 Å². The van der Waals surface area contributed by atoms with Gasteiger partial charge in [0.1, 0.15) is 0 Å². The quantitative estimate of drug-likeness (QED) is 0.597. The molecule has 0 radical (unpaired) electrons. The van der Waals surface area contributed by atoms with Gasteiger partial charge in [0.05, 0.1) is 24.0 Å². The van der Waals surface area contributed by atoms with Crippen LogP contribution < -0.4 is 0 Å². The van der Waals surface area contributed by atoms with Crippen LogP contribution in [-0.2, 0) is 0 Å². The first kappa shape index (κ1) is 8.98. The Hall–Kier alpha value is -1.02. The molecule has 0 saturated carbocycles. The molecule has 2 nitrogen and oxygen atoms in total. The zero-order valence-electron chi connectivity index (χ0n) is 6.52. The molecule has 0 aromatic heterocycles. The fourth-order valence-corrected chi connectivity index (χ4v) is 0.849. The minimum Gasteiger partial charge on any atom is -0.198 e. The highest BCUT2D eigenvalue weighted by Crippen LogP contribution is 2.28. The van der Waals surface area contributed by atoms with Crippen LogP contribution in [0.2, 0.25) is 0 Å². The van der Waals surface area contributed by atoms with E-state index in [0.29, 0.717) is 6.42 Å². The molecule has 10 heavy (non-hydrogen) atoms. The SMILES string of the molecule is CCC(C#N)(CC)CC#N. The lowest BCUT2D eigenvalue weighted by atomic mass is 9.81. The Morgan fingerprint density at radius 3 is 1.80 bits per heavy atom. The zero-order chi connectivity index (χ0) is 8.04. The van der Waals surface area contributed by atoms with E-state index in [0.717, 1.165) is 12.8 Å². The average Bonchev–Trinajstić information content (AvgIpc) is 2.01. The molecule has 0 aromatic carbocycles. The first-order chi connectivity index (χ1) is 4.74. The van der Waals surface area contributed by atoms with Gasteiger partial charge in [-0.25, -0.2) is 0 Å². The summed E-state index contributed by atoms with van der Waals surface area (Å²) in [5.41, 5.74) is -0.380. The van der Waals surface area contributed by atoms with Crippen LogP contribution in [0.5, 0.6) is 0 Å². The summed E-state index contributed by atoms with van der Waals surface area (Å²) in [7, 11) is 0. The second kappa shape index (κ2) is 3.90. The third-order valence-corrected chi connectivity index (χ3v) is 2.01. The third-order valence-electron chi connectivity index (χ3n) is 2.01. The lowest BCUT2D eigenvalue weighted by molar-refractivity contribution is 0.375. The predicted molar refractivity (Wildman–Crippen MR) is 38.9 cm³/mol. The Bertz CT molecular complexity index is 167. The van der Waals surface area contributed by atoms with E-state index in [1.54, 1.807) is 0 Å². The number of nitrogens with zero attached hydrogens (tertiary/aromatic N) is 2. The van der Waals surface area contributed by atoms with Gasteiger partial charge >= 0.3 is 0 Å². The van der Waals surface area contributed by atoms with Gasteiger partial charge in [-0.1, -0.05) is 13.8 Å². The van der Waals surface area contributed by atoms with Gasteiger partial charge < -0.3 is 0 Å². The molecule has 0 N–H and O–H groups in total. The van der Waals surface area contributed by atoms with E-state index in [1.807, 2.05) is 19.9 Å². The molecule has 2 heteroatoms. The molecule has 0 saturated heterocycles. The first-order valence-corrected chi connectivity index (χ1v) is 3.53. The van der Waals surface area contributed by atoms with Crippen LogP contribution >= 0.6 is 0 Å². The van der Waals surface area contributed by atoms with Gasteiger partial charge in [0.15, 0.2) is 0 Å². The molecule has 0 aliphatic heterocycles. The Morgan fingerprint density at radius 2 is 1.70 bits per heavy atom. The lowest BCUT2D eigenvalue weighted by Crippen LogP contribution is -2.14. The molecule has 0 amide bonds. The highest BCUT2D eigenvalue weighted by atomic mass is 14.4. The minimum atomic E-state index is -0.380. The van der Waals surface area contributed by atoms with Crippen molar-refractivity contribution in [3.63, 3.8) is 0 Å². The van der Waals surface area contributed by atoms with Crippen molar-refractivity contribution in [2.75, 3.05) is 0 Å². The highest BCUT2D eigenvalue weighted by Gasteiger charge is 2.24. The molecular weight excluding hydrogens is 124 g/mol. The highest BCUT2D eigenvalue weighted by molar-refractivity contribution is 5.02. The molecule has 0 unspecified atom stereocenters. The summed E-state index contributed by atoms with van der Waals surface area (Å²) >= 11 is 0. The van der Waals surface area contributed by atoms with Crippen LogP contribution in [0.15, 0.2) is 0 Å². The Morgan fingerprint density at radius 1 is 1.20 bits per heavy atom. The number of hydrogen-bond donors (Lipinski definition) is 0. The zero-order valence-corrected chi connectivity index (χ0v) is 6.52. The summed E-state index contributed by atoms with van der Waals surface area (Å²) in [6.07, 6.45) is 1.90. The van der Waals surface area contributed by atoms with E-state index >= 15 is 0 Å². The number of hydrogen-bond acceptors (Lipinski definition) is 2. The van der Waals surface area contributed by atoms with Gasteiger partial charge in [0.2, 0.25) is 0 Å². The van der Waals surface area contributed by atoms with Crippen molar-refractivity contribution >= 4 is 0 Å². The van der Waals surface area contributed by atoms with E-state index in [9.17, 15) is 0 Å². The van der Waals surface area contributed by atoms with E-state index in [2.05, 4.69) is 6.07 Å². The molecule has 0 aliphatic carbocycles. The van der Waals surface area contributed by atoms with E-state index in [1.165, 1.54) is 0 Å². The molecule has 0 bridgehead atoms. The molecule has 0 heterocycles. The molecule has 0 rings (SSSR count). The maximum atomic E-state index is 8.71. The van der Waals surface area contributed by atoms with Crippen molar-refractivity contribution in [2.45, 2.75) is 33.1 Å². The second-order valence-electron chi connectivity index (χ2n) is 2.43. The largest absolute Gasteiger partial charge is 0.198 e.